The molecule has 1 heterocycles. The van der Waals surface area contributed by atoms with E-state index in [4.69, 9.17) is 5.11 Å². The lowest BCUT2D eigenvalue weighted by Crippen LogP contribution is -2.17. The largest absolute Gasteiger partial charge is 0.481 e. The maximum Gasteiger partial charge on any atom is 0.330 e. The fraction of sp³-hybridized carbons (Fsp3) is 0.231. The second-order valence-corrected chi connectivity index (χ2v) is 4.09. The van der Waals surface area contributed by atoms with Crippen molar-refractivity contribution in [1.82, 2.24) is 9.55 Å². The van der Waals surface area contributed by atoms with Gasteiger partial charge < -0.3 is 10.1 Å². The van der Waals surface area contributed by atoms with Gasteiger partial charge in [0.2, 0.25) is 0 Å². The summed E-state index contributed by atoms with van der Waals surface area (Å²) in [5.74, 6) is -0.844. The van der Waals surface area contributed by atoms with Gasteiger partial charge in [-0.05, 0) is 25.0 Å². The van der Waals surface area contributed by atoms with Gasteiger partial charge >= 0.3 is 11.7 Å². The molecule has 0 aliphatic carbocycles. The van der Waals surface area contributed by atoms with Crippen LogP contribution in [0, 0.1) is 6.92 Å². The number of aromatic nitrogens is 2. The minimum Gasteiger partial charge on any atom is -0.481 e. The van der Waals surface area contributed by atoms with Crippen molar-refractivity contribution in [3.05, 3.63) is 52.2 Å². The summed E-state index contributed by atoms with van der Waals surface area (Å²) in [6.45, 7) is 1.83. The van der Waals surface area contributed by atoms with E-state index in [1.165, 1.54) is 0 Å². The molecule has 18 heavy (non-hydrogen) atoms. The molecule has 0 fully saturated rings. The second kappa shape index (κ2) is 4.91. The number of nitrogens with zero attached hydrogens (tertiary/aromatic N) is 1. The molecule has 0 spiro atoms. The summed E-state index contributed by atoms with van der Waals surface area (Å²) in [7, 11) is 0. The lowest BCUT2D eigenvalue weighted by molar-refractivity contribution is -0.136. The van der Waals surface area contributed by atoms with Crippen molar-refractivity contribution in [3.8, 4) is 5.69 Å². The molecule has 0 amide bonds. The number of benzene rings is 1. The smallest absolute Gasteiger partial charge is 0.330 e. The summed E-state index contributed by atoms with van der Waals surface area (Å²) in [6, 6.07) is 7.34. The molecule has 0 saturated carbocycles. The maximum atomic E-state index is 11.7. The first-order chi connectivity index (χ1) is 8.59. The number of hydrogen-bond donors (Lipinski definition) is 2. The van der Waals surface area contributed by atoms with E-state index < -0.39 is 5.97 Å². The van der Waals surface area contributed by atoms with Crippen LogP contribution in [0.2, 0.25) is 0 Å². The highest BCUT2D eigenvalue weighted by molar-refractivity contribution is 5.67. The van der Waals surface area contributed by atoms with Gasteiger partial charge in [-0.2, -0.15) is 0 Å². The van der Waals surface area contributed by atoms with Crippen LogP contribution in [0.15, 0.2) is 35.3 Å². The summed E-state index contributed by atoms with van der Waals surface area (Å²) >= 11 is 0. The number of hydrogen-bond acceptors (Lipinski definition) is 2. The molecule has 1 aromatic carbocycles. The highest BCUT2D eigenvalue weighted by Crippen LogP contribution is 2.16. The van der Waals surface area contributed by atoms with E-state index in [-0.39, 0.29) is 12.1 Å². The third-order valence-corrected chi connectivity index (χ3v) is 2.80. The standard InChI is InChI=1S/C13H14N2O3/c1-9-8-14-13(18)15(9)11-5-3-2-4-10(11)6-7-12(16)17/h2-5,8H,6-7H2,1H3,(H,14,18)(H,16,17). The van der Waals surface area contributed by atoms with Crippen LogP contribution >= 0.6 is 0 Å². The highest BCUT2D eigenvalue weighted by atomic mass is 16.4. The number of rotatable bonds is 4. The Kier molecular flexibility index (Phi) is 3.32. The molecule has 0 bridgehead atoms. The van der Waals surface area contributed by atoms with Gasteiger partial charge in [0.05, 0.1) is 5.69 Å². The Balaban J connectivity index is 2.45. The van der Waals surface area contributed by atoms with Crippen LogP contribution in [0.5, 0.6) is 0 Å². The van der Waals surface area contributed by atoms with Crippen molar-refractivity contribution in [2.24, 2.45) is 0 Å². The number of aromatic amines is 1. The van der Waals surface area contributed by atoms with E-state index in [1.807, 2.05) is 31.2 Å². The van der Waals surface area contributed by atoms with E-state index >= 15 is 0 Å². The fourth-order valence-corrected chi connectivity index (χ4v) is 1.94. The van der Waals surface area contributed by atoms with E-state index in [0.29, 0.717) is 6.42 Å². The highest BCUT2D eigenvalue weighted by Gasteiger charge is 2.10. The van der Waals surface area contributed by atoms with Gasteiger partial charge in [0, 0.05) is 18.3 Å². The number of nitrogens with one attached hydrogen (secondary N) is 1. The van der Waals surface area contributed by atoms with Gasteiger partial charge in [-0.15, -0.1) is 0 Å². The van der Waals surface area contributed by atoms with Gasteiger partial charge in [-0.1, -0.05) is 18.2 Å². The summed E-state index contributed by atoms with van der Waals surface area (Å²) in [5, 5.41) is 8.73. The zero-order valence-corrected chi connectivity index (χ0v) is 10.0. The molecule has 0 aliphatic rings. The topological polar surface area (TPSA) is 75.1 Å². The molecule has 5 nitrogen and oxygen atoms in total. The predicted molar refractivity (Wildman–Crippen MR) is 67.1 cm³/mol. The van der Waals surface area contributed by atoms with Crippen molar-refractivity contribution in [1.29, 1.82) is 0 Å². The molecule has 0 saturated heterocycles. The summed E-state index contributed by atoms with van der Waals surface area (Å²) in [5.41, 5.74) is 2.17. The van der Waals surface area contributed by atoms with Gasteiger partial charge in [0.25, 0.3) is 0 Å². The third kappa shape index (κ3) is 2.34. The Morgan fingerprint density at radius 3 is 2.72 bits per heavy atom. The lowest BCUT2D eigenvalue weighted by atomic mass is 10.1. The Bertz CT molecular complexity index is 625. The summed E-state index contributed by atoms with van der Waals surface area (Å²) < 4.78 is 1.55. The Hall–Kier alpha value is -2.30. The Morgan fingerprint density at radius 1 is 1.39 bits per heavy atom. The molecule has 94 valence electrons. The zero-order chi connectivity index (χ0) is 13.1. The first kappa shape index (κ1) is 12.2. The van der Waals surface area contributed by atoms with Crippen LogP contribution in [0.4, 0.5) is 0 Å². The van der Waals surface area contributed by atoms with Crippen molar-refractivity contribution < 1.29 is 9.90 Å². The van der Waals surface area contributed by atoms with Crippen molar-refractivity contribution in [2.45, 2.75) is 19.8 Å². The van der Waals surface area contributed by atoms with Crippen molar-refractivity contribution in [3.63, 3.8) is 0 Å². The molecule has 1 aromatic heterocycles. The van der Waals surface area contributed by atoms with Crippen LogP contribution in [-0.2, 0) is 11.2 Å². The van der Waals surface area contributed by atoms with E-state index in [2.05, 4.69) is 4.98 Å². The van der Waals surface area contributed by atoms with Gasteiger partial charge in [0.1, 0.15) is 0 Å². The number of H-pyrrole nitrogens is 1. The Labute approximate surface area is 104 Å². The fourth-order valence-electron chi connectivity index (χ4n) is 1.94. The number of para-hydroxylation sites is 1. The number of imidazole rings is 1. The van der Waals surface area contributed by atoms with Gasteiger partial charge in [-0.3, -0.25) is 9.36 Å². The van der Waals surface area contributed by atoms with Crippen LogP contribution in [0.3, 0.4) is 0 Å². The summed E-state index contributed by atoms with van der Waals surface area (Å²) in [6.07, 6.45) is 2.09. The molecule has 2 aromatic rings. The third-order valence-electron chi connectivity index (χ3n) is 2.80. The van der Waals surface area contributed by atoms with Crippen molar-refractivity contribution >= 4 is 5.97 Å². The summed E-state index contributed by atoms with van der Waals surface area (Å²) in [4.78, 5) is 25.0. The number of aryl methyl sites for hydroxylation is 2. The molecule has 0 unspecified atom stereocenters. The first-order valence-corrected chi connectivity index (χ1v) is 5.66. The molecular formula is C13H14N2O3. The normalized spacial score (nSPS) is 10.5. The average Bonchev–Trinajstić information content (AvgIpc) is 2.67. The number of carboxylic acid groups (broad SMARTS) is 1. The van der Waals surface area contributed by atoms with E-state index in [0.717, 1.165) is 16.9 Å². The SMILES string of the molecule is Cc1c[nH]c(=O)n1-c1ccccc1CCC(=O)O. The molecule has 0 radical (unpaired) electrons. The molecule has 5 heteroatoms. The molecule has 0 aliphatic heterocycles. The van der Waals surface area contributed by atoms with Crippen LogP contribution in [0.25, 0.3) is 5.69 Å². The lowest BCUT2D eigenvalue weighted by Gasteiger charge is -2.10. The minimum atomic E-state index is -0.844. The molecule has 2 N–H and O–H groups in total. The first-order valence-electron chi connectivity index (χ1n) is 5.66. The maximum absolute atomic E-state index is 11.7. The van der Waals surface area contributed by atoms with E-state index in [9.17, 15) is 9.59 Å². The average molecular weight is 246 g/mol. The molecule has 0 atom stereocenters. The quantitative estimate of drug-likeness (QED) is 0.858. The minimum absolute atomic E-state index is 0.0508. The van der Waals surface area contributed by atoms with Gasteiger partial charge in [-0.25, -0.2) is 4.79 Å². The van der Waals surface area contributed by atoms with E-state index in [1.54, 1.807) is 10.8 Å². The number of carbonyl (C=O) groups is 1. The number of carboxylic acids is 1. The van der Waals surface area contributed by atoms with Crippen LogP contribution in [0.1, 0.15) is 17.7 Å². The Morgan fingerprint density at radius 2 is 2.11 bits per heavy atom. The van der Waals surface area contributed by atoms with Crippen molar-refractivity contribution in [2.75, 3.05) is 0 Å². The molecule has 2 rings (SSSR count). The number of aliphatic carboxylic acids is 1. The van der Waals surface area contributed by atoms with Crippen LogP contribution in [-0.4, -0.2) is 20.6 Å². The van der Waals surface area contributed by atoms with Crippen LogP contribution < -0.4 is 5.69 Å². The monoisotopic (exact) mass is 246 g/mol. The zero-order valence-electron chi connectivity index (χ0n) is 10.0. The predicted octanol–water partition coefficient (Wildman–Crippen LogP) is 1.49. The molecular weight excluding hydrogens is 232 g/mol. The second-order valence-electron chi connectivity index (χ2n) is 4.09. The van der Waals surface area contributed by atoms with Gasteiger partial charge in [0.15, 0.2) is 0 Å².